The number of amides is 1. The molecule has 1 saturated heterocycles. The van der Waals surface area contributed by atoms with E-state index in [2.05, 4.69) is 24.5 Å². The summed E-state index contributed by atoms with van der Waals surface area (Å²) in [6, 6.07) is 1.09. The Morgan fingerprint density at radius 3 is 2.73 bits per heavy atom. The van der Waals surface area contributed by atoms with E-state index in [1.54, 1.807) is 0 Å². The summed E-state index contributed by atoms with van der Waals surface area (Å²) in [5, 5.41) is 6.54. The molecule has 3 nitrogen and oxygen atoms in total. The van der Waals surface area contributed by atoms with Gasteiger partial charge in [0.1, 0.15) is 0 Å². The maximum absolute atomic E-state index is 11.0. The Labute approximate surface area is 92.0 Å². The first-order valence-electron chi connectivity index (χ1n) is 6.18. The second kappa shape index (κ2) is 4.52. The molecule has 0 bridgehead atoms. The Bertz CT molecular complexity index is 234. The van der Waals surface area contributed by atoms with Crippen LogP contribution < -0.4 is 10.6 Å². The predicted molar refractivity (Wildman–Crippen MR) is 60.5 cm³/mol. The summed E-state index contributed by atoms with van der Waals surface area (Å²) in [6.45, 7) is 5.57. The molecule has 0 aromatic rings. The summed E-state index contributed by atoms with van der Waals surface area (Å²) < 4.78 is 0. The van der Waals surface area contributed by atoms with E-state index >= 15 is 0 Å². The summed E-state index contributed by atoms with van der Waals surface area (Å²) in [4.78, 5) is 11.0. The van der Waals surface area contributed by atoms with Gasteiger partial charge in [-0.05, 0) is 31.1 Å². The quantitative estimate of drug-likeness (QED) is 0.734. The van der Waals surface area contributed by atoms with Crippen LogP contribution >= 0.6 is 0 Å². The highest BCUT2D eigenvalue weighted by atomic mass is 16.1. The zero-order valence-corrected chi connectivity index (χ0v) is 9.75. The summed E-state index contributed by atoms with van der Waals surface area (Å²) >= 11 is 0. The zero-order chi connectivity index (χ0) is 10.8. The second-order valence-corrected chi connectivity index (χ2v) is 5.38. The van der Waals surface area contributed by atoms with Gasteiger partial charge in [0.15, 0.2) is 0 Å². The fourth-order valence-corrected chi connectivity index (χ4v) is 2.51. The fraction of sp³-hybridized carbons (Fsp3) is 0.917. The van der Waals surface area contributed by atoms with E-state index in [1.807, 2.05) is 0 Å². The number of carbonyl (C=O) groups is 1. The minimum atomic E-state index is 0.218. The normalized spacial score (nSPS) is 35.4. The molecule has 1 atom stereocenters. The van der Waals surface area contributed by atoms with Gasteiger partial charge in [-0.2, -0.15) is 0 Å². The lowest BCUT2D eigenvalue weighted by atomic mass is 9.73. The molecule has 15 heavy (non-hydrogen) atoms. The van der Waals surface area contributed by atoms with Crippen LogP contribution in [0, 0.1) is 11.8 Å². The molecule has 3 heteroatoms. The number of hydrogen-bond acceptors (Lipinski definition) is 2. The molecule has 1 heterocycles. The van der Waals surface area contributed by atoms with Gasteiger partial charge in [0.2, 0.25) is 5.91 Å². The molecule has 1 aliphatic heterocycles. The first-order valence-corrected chi connectivity index (χ1v) is 6.18. The Morgan fingerprint density at radius 2 is 2.20 bits per heavy atom. The second-order valence-electron chi connectivity index (χ2n) is 5.38. The van der Waals surface area contributed by atoms with Crippen LogP contribution in [-0.2, 0) is 4.79 Å². The van der Waals surface area contributed by atoms with Crippen molar-refractivity contribution in [3.8, 4) is 0 Å². The molecule has 0 aromatic heterocycles. The van der Waals surface area contributed by atoms with E-state index in [0.29, 0.717) is 18.5 Å². The van der Waals surface area contributed by atoms with Gasteiger partial charge in [0.25, 0.3) is 0 Å². The molecule has 1 aliphatic carbocycles. The first kappa shape index (κ1) is 10.9. The Hall–Kier alpha value is -0.570. The predicted octanol–water partition coefficient (Wildman–Crippen LogP) is 1.29. The van der Waals surface area contributed by atoms with Crippen LogP contribution in [0.1, 0.15) is 39.5 Å². The van der Waals surface area contributed by atoms with Gasteiger partial charge in [0.05, 0.1) is 0 Å². The largest absolute Gasteiger partial charge is 0.352 e. The van der Waals surface area contributed by atoms with E-state index in [9.17, 15) is 4.79 Å². The average molecular weight is 210 g/mol. The standard InChI is InChI=1S/C12H22N2O/c1-8(2)9-5-11(6-9)13-7-10-3-4-12(15)14-10/h8-11,13H,3-7H2,1-2H3,(H,14,15). The van der Waals surface area contributed by atoms with Gasteiger partial charge >= 0.3 is 0 Å². The highest BCUT2D eigenvalue weighted by molar-refractivity contribution is 5.78. The van der Waals surface area contributed by atoms with Crippen LogP contribution in [-0.4, -0.2) is 24.5 Å². The Balaban J connectivity index is 1.58. The first-order chi connectivity index (χ1) is 7.15. The van der Waals surface area contributed by atoms with Crippen molar-refractivity contribution in [3.63, 3.8) is 0 Å². The van der Waals surface area contributed by atoms with Crippen LogP contribution in [0.3, 0.4) is 0 Å². The summed E-state index contributed by atoms with van der Waals surface area (Å²) in [7, 11) is 0. The number of rotatable bonds is 4. The van der Waals surface area contributed by atoms with Gasteiger partial charge in [-0.25, -0.2) is 0 Å². The SMILES string of the molecule is CC(C)C1CC(NCC2CCC(=O)N2)C1. The molecule has 86 valence electrons. The van der Waals surface area contributed by atoms with Gasteiger partial charge < -0.3 is 10.6 Å². The van der Waals surface area contributed by atoms with E-state index in [1.165, 1.54) is 12.8 Å². The summed E-state index contributed by atoms with van der Waals surface area (Å²) in [5.41, 5.74) is 0. The molecule has 0 spiro atoms. The molecular formula is C12H22N2O. The van der Waals surface area contributed by atoms with Crippen molar-refractivity contribution in [1.29, 1.82) is 0 Å². The van der Waals surface area contributed by atoms with Gasteiger partial charge in [-0.15, -0.1) is 0 Å². The highest BCUT2D eigenvalue weighted by Gasteiger charge is 2.31. The lowest BCUT2D eigenvalue weighted by Crippen LogP contribution is -2.47. The summed E-state index contributed by atoms with van der Waals surface area (Å²) in [5.74, 6) is 1.96. The van der Waals surface area contributed by atoms with Crippen molar-refractivity contribution in [2.45, 2.75) is 51.6 Å². The lowest BCUT2D eigenvalue weighted by Gasteiger charge is -2.39. The lowest BCUT2D eigenvalue weighted by molar-refractivity contribution is -0.119. The smallest absolute Gasteiger partial charge is 0.220 e. The van der Waals surface area contributed by atoms with Crippen LogP contribution in [0.5, 0.6) is 0 Å². The third-order valence-electron chi connectivity index (χ3n) is 3.86. The average Bonchev–Trinajstić information content (AvgIpc) is 2.48. The fourth-order valence-electron chi connectivity index (χ4n) is 2.51. The topological polar surface area (TPSA) is 41.1 Å². The van der Waals surface area contributed by atoms with Crippen LogP contribution in [0.25, 0.3) is 0 Å². The third kappa shape index (κ3) is 2.71. The minimum absolute atomic E-state index is 0.218. The zero-order valence-electron chi connectivity index (χ0n) is 9.75. The monoisotopic (exact) mass is 210 g/mol. The maximum Gasteiger partial charge on any atom is 0.220 e. The molecule has 2 aliphatic rings. The van der Waals surface area contributed by atoms with E-state index in [0.717, 1.165) is 24.8 Å². The molecule has 0 aromatic carbocycles. The molecule has 1 saturated carbocycles. The van der Waals surface area contributed by atoms with Crippen molar-refractivity contribution in [2.75, 3.05) is 6.54 Å². The molecule has 1 amide bonds. The van der Waals surface area contributed by atoms with Crippen LogP contribution in [0.4, 0.5) is 0 Å². The van der Waals surface area contributed by atoms with Crippen LogP contribution in [0.2, 0.25) is 0 Å². The van der Waals surface area contributed by atoms with Gasteiger partial charge in [0, 0.05) is 25.0 Å². The summed E-state index contributed by atoms with van der Waals surface area (Å²) in [6.07, 6.45) is 4.36. The molecule has 2 rings (SSSR count). The number of nitrogens with one attached hydrogen (secondary N) is 2. The third-order valence-corrected chi connectivity index (χ3v) is 3.86. The van der Waals surface area contributed by atoms with Gasteiger partial charge in [-0.3, -0.25) is 4.79 Å². The molecular weight excluding hydrogens is 188 g/mol. The highest BCUT2D eigenvalue weighted by Crippen LogP contribution is 2.33. The number of hydrogen-bond donors (Lipinski definition) is 2. The van der Waals surface area contributed by atoms with Crippen LogP contribution in [0.15, 0.2) is 0 Å². The molecule has 0 radical (unpaired) electrons. The minimum Gasteiger partial charge on any atom is -0.352 e. The molecule has 2 fully saturated rings. The number of carbonyl (C=O) groups excluding carboxylic acids is 1. The molecule has 2 N–H and O–H groups in total. The van der Waals surface area contributed by atoms with E-state index < -0.39 is 0 Å². The Morgan fingerprint density at radius 1 is 1.47 bits per heavy atom. The van der Waals surface area contributed by atoms with Crippen molar-refractivity contribution >= 4 is 5.91 Å². The van der Waals surface area contributed by atoms with Crippen molar-refractivity contribution < 1.29 is 4.79 Å². The maximum atomic E-state index is 11.0. The van der Waals surface area contributed by atoms with Crippen molar-refractivity contribution in [2.24, 2.45) is 11.8 Å². The van der Waals surface area contributed by atoms with Gasteiger partial charge in [-0.1, -0.05) is 13.8 Å². The Kier molecular flexibility index (Phi) is 3.29. The van der Waals surface area contributed by atoms with Crippen molar-refractivity contribution in [1.82, 2.24) is 10.6 Å². The van der Waals surface area contributed by atoms with E-state index in [4.69, 9.17) is 0 Å². The van der Waals surface area contributed by atoms with E-state index in [-0.39, 0.29) is 5.91 Å². The molecule has 1 unspecified atom stereocenters. The van der Waals surface area contributed by atoms with Crippen molar-refractivity contribution in [3.05, 3.63) is 0 Å².